The second-order valence-corrected chi connectivity index (χ2v) is 7.57. The van der Waals surface area contributed by atoms with E-state index >= 15 is 0 Å². The molecule has 12 nitrogen and oxygen atoms in total. The van der Waals surface area contributed by atoms with E-state index in [9.17, 15) is 29.1 Å². The van der Waals surface area contributed by atoms with Gasteiger partial charge in [0.05, 0.1) is 19.0 Å². The number of carbonyl (C=O) groups is 5. The van der Waals surface area contributed by atoms with Gasteiger partial charge >= 0.3 is 5.97 Å². The molecule has 0 spiro atoms. The molecule has 0 aromatic rings. The summed E-state index contributed by atoms with van der Waals surface area (Å²) in [6.45, 7) is 0.0148. The first kappa shape index (κ1) is 27.6. The molecule has 0 aromatic heterocycles. The van der Waals surface area contributed by atoms with Crippen LogP contribution in [-0.4, -0.2) is 77.9 Å². The molecule has 13 heteroatoms. The zero-order chi connectivity index (χ0) is 23.1. The van der Waals surface area contributed by atoms with Crippen molar-refractivity contribution >= 4 is 41.4 Å². The topological polar surface area (TPSA) is 220 Å². The molecule has 0 fully saturated rings. The SMILES string of the molecule is CSCCC(NC(=O)C(CC(N)=O)NC(=O)CNC(=O)C(N)CCCCN)C(=O)O. The molecule has 0 bridgehead atoms. The Balaban J connectivity index is 4.77. The second kappa shape index (κ2) is 15.5. The van der Waals surface area contributed by atoms with Crippen molar-refractivity contribution in [3.8, 4) is 0 Å². The van der Waals surface area contributed by atoms with Gasteiger partial charge in [-0.25, -0.2) is 4.79 Å². The van der Waals surface area contributed by atoms with Crippen molar-refractivity contribution in [2.75, 3.05) is 25.1 Å². The van der Waals surface area contributed by atoms with E-state index in [1.54, 1.807) is 6.26 Å². The van der Waals surface area contributed by atoms with Gasteiger partial charge in [0.1, 0.15) is 12.1 Å². The third-order valence-corrected chi connectivity index (χ3v) is 4.66. The Bertz CT molecular complexity index is 605. The number of aliphatic carboxylic acids is 1. The summed E-state index contributed by atoms with van der Waals surface area (Å²) in [7, 11) is 0. The van der Waals surface area contributed by atoms with Crippen molar-refractivity contribution in [2.45, 2.75) is 50.2 Å². The molecule has 0 rings (SSSR count). The Kier molecular flexibility index (Phi) is 14.2. The number of hydrogen-bond acceptors (Lipinski definition) is 8. The largest absolute Gasteiger partial charge is 0.480 e. The zero-order valence-corrected chi connectivity index (χ0v) is 17.8. The summed E-state index contributed by atoms with van der Waals surface area (Å²) in [6.07, 6.45) is 3.22. The van der Waals surface area contributed by atoms with Crippen molar-refractivity contribution < 1.29 is 29.1 Å². The number of unbranched alkanes of at least 4 members (excludes halogenated alkanes) is 1. The quantitative estimate of drug-likeness (QED) is 0.121. The maximum absolute atomic E-state index is 12.4. The van der Waals surface area contributed by atoms with E-state index < -0.39 is 60.7 Å². The molecule has 3 unspecified atom stereocenters. The summed E-state index contributed by atoms with van der Waals surface area (Å²) in [5.74, 6) is -3.77. The van der Waals surface area contributed by atoms with E-state index in [4.69, 9.17) is 17.2 Å². The highest BCUT2D eigenvalue weighted by Crippen LogP contribution is 2.03. The third-order valence-electron chi connectivity index (χ3n) is 4.01. The summed E-state index contributed by atoms with van der Waals surface area (Å²) in [4.78, 5) is 58.9. The predicted molar refractivity (Wildman–Crippen MR) is 112 cm³/mol. The number of carboxylic acids is 1. The van der Waals surface area contributed by atoms with E-state index in [1.807, 2.05) is 0 Å². The molecule has 0 heterocycles. The predicted octanol–water partition coefficient (Wildman–Crippen LogP) is -2.76. The van der Waals surface area contributed by atoms with E-state index in [2.05, 4.69) is 16.0 Å². The monoisotopic (exact) mass is 448 g/mol. The molecule has 10 N–H and O–H groups in total. The highest BCUT2D eigenvalue weighted by atomic mass is 32.2. The fourth-order valence-corrected chi connectivity index (χ4v) is 2.83. The number of nitrogens with two attached hydrogens (primary N) is 3. The second-order valence-electron chi connectivity index (χ2n) is 6.58. The summed E-state index contributed by atoms with van der Waals surface area (Å²) in [5, 5.41) is 16.1. The number of carbonyl (C=O) groups excluding carboxylic acids is 4. The molecule has 0 aliphatic heterocycles. The van der Waals surface area contributed by atoms with Gasteiger partial charge in [0.15, 0.2) is 0 Å². The Labute approximate surface area is 179 Å². The average Bonchev–Trinajstić information content (AvgIpc) is 2.68. The normalized spacial score (nSPS) is 13.6. The van der Waals surface area contributed by atoms with E-state index in [-0.39, 0.29) is 6.42 Å². The Hall–Kier alpha value is -2.38. The molecule has 0 saturated carbocycles. The molecular formula is C17H32N6O6S. The van der Waals surface area contributed by atoms with Gasteiger partial charge in [0, 0.05) is 0 Å². The number of rotatable bonds is 16. The van der Waals surface area contributed by atoms with Crippen LogP contribution >= 0.6 is 11.8 Å². The standard InChI is InChI=1S/C17H32N6O6S/c1-30-7-5-11(17(28)29)23-16(27)12(8-13(20)24)22-14(25)9-21-15(26)10(19)4-2-3-6-18/h10-12H,2-9,18-19H2,1H3,(H2,20,24)(H,21,26)(H,22,25)(H,23,27)(H,28,29). The van der Waals surface area contributed by atoms with Crippen LogP contribution in [0.4, 0.5) is 0 Å². The first-order valence-corrected chi connectivity index (χ1v) is 10.8. The van der Waals surface area contributed by atoms with E-state index in [0.717, 1.165) is 6.42 Å². The highest BCUT2D eigenvalue weighted by molar-refractivity contribution is 7.98. The molecule has 3 atom stereocenters. The number of nitrogens with one attached hydrogen (secondary N) is 3. The van der Waals surface area contributed by atoms with Crippen LogP contribution in [-0.2, 0) is 24.0 Å². The number of hydrogen-bond donors (Lipinski definition) is 7. The lowest BCUT2D eigenvalue weighted by Crippen LogP contribution is -2.54. The van der Waals surface area contributed by atoms with Gasteiger partial charge in [0.2, 0.25) is 23.6 Å². The van der Waals surface area contributed by atoms with Crippen molar-refractivity contribution in [1.82, 2.24) is 16.0 Å². The van der Waals surface area contributed by atoms with Crippen molar-refractivity contribution in [2.24, 2.45) is 17.2 Å². The van der Waals surface area contributed by atoms with Crippen LogP contribution in [0.15, 0.2) is 0 Å². The molecule has 0 aliphatic carbocycles. The molecule has 0 radical (unpaired) electrons. The van der Waals surface area contributed by atoms with Crippen molar-refractivity contribution in [1.29, 1.82) is 0 Å². The van der Waals surface area contributed by atoms with Crippen LogP contribution in [0.1, 0.15) is 32.1 Å². The molecule has 30 heavy (non-hydrogen) atoms. The number of thioether (sulfide) groups is 1. The zero-order valence-electron chi connectivity index (χ0n) is 17.0. The fourth-order valence-electron chi connectivity index (χ4n) is 2.36. The van der Waals surface area contributed by atoms with E-state index in [0.29, 0.717) is 25.1 Å². The molecular weight excluding hydrogens is 416 g/mol. The molecule has 4 amide bonds. The minimum Gasteiger partial charge on any atom is -0.480 e. The van der Waals surface area contributed by atoms with Crippen LogP contribution < -0.4 is 33.2 Å². The van der Waals surface area contributed by atoms with Crippen LogP contribution in [0, 0.1) is 0 Å². The van der Waals surface area contributed by atoms with Crippen LogP contribution in [0.25, 0.3) is 0 Å². The summed E-state index contributed by atoms with van der Waals surface area (Å²) >= 11 is 1.41. The van der Waals surface area contributed by atoms with Gasteiger partial charge in [0.25, 0.3) is 0 Å². The van der Waals surface area contributed by atoms with Gasteiger partial charge in [-0.05, 0) is 37.8 Å². The van der Waals surface area contributed by atoms with Gasteiger partial charge < -0.3 is 38.3 Å². The Morgan fingerprint density at radius 2 is 1.67 bits per heavy atom. The smallest absolute Gasteiger partial charge is 0.326 e. The first-order valence-electron chi connectivity index (χ1n) is 9.45. The van der Waals surface area contributed by atoms with Gasteiger partial charge in [-0.3, -0.25) is 19.2 Å². The van der Waals surface area contributed by atoms with Crippen molar-refractivity contribution in [3.63, 3.8) is 0 Å². The number of carboxylic acid groups (broad SMARTS) is 1. The number of amides is 4. The summed E-state index contributed by atoms with van der Waals surface area (Å²) in [5.41, 5.74) is 16.2. The third kappa shape index (κ3) is 12.2. The average molecular weight is 449 g/mol. The Morgan fingerprint density at radius 3 is 2.20 bits per heavy atom. The first-order chi connectivity index (χ1) is 14.1. The molecule has 0 aromatic carbocycles. The highest BCUT2D eigenvalue weighted by Gasteiger charge is 2.27. The lowest BCUT2D eigenvalue weighted by atomic mass is 10.1. The minimum atomic E-state index is -1.37. The van der Waals surface area contributed by atoms with Crippen LogP contribution in [0.5, 0.6) is 0 Å². The maximum atomic E-state index is 12.4. The Morgan fingerprint density at radius 1 is 1.00 bits per heavy atom. The maximum Gasteiger partial charge on any atom is 0.326 e. The van der Waals surface area contributed by atoms with Crippen molar-refractivity contribution in [3.05, 3.63) is 0 Å². The summed E-state index contributed by atoms with van der Waals surface area (Å²) in [6, 6.07) is -3.36. The lowest BCUT2D eigenvalue weighted by Gasteiger charge is -2.21. The van der Waals surface area contributed by atoms with Gasteiger partial charge in [-0.2, -0.15) is 11.8 Å². The molecule has 172 valence electrons. The van der Waals surface area contributed by atoms with Crippen LogP contribution in [0.2, 0.25) is 0 Å². The minimum absolute atomic E-state index is 0.164. The fraction of sp³-hybridized carbons (Fsp3) is 0.706. The van der Waals surface area contributed by atoms with Crippen LogP contribution in [0.3, 0.4) is 0 Å². The number of primary amides is 1. The van der Waals surface area contributed by atoms with E-state index in [1.165, 1.54) is 11.8 Å². The molecule has 0 saturated heterocycles. The molecule has 0 aliphatic rings. The lowest BCUT2D eigenvalue weighted by molar-refractivity contribution is -0.142. The summed E-state index contributed by atoms with van der Waals surface area (Å²) < 4.78 is 0. The van der Waals surface area contributed by atoms with Gasteiger partial charge in [-0.15, -0.1) is 0 Å². The van der Waals surface area contributed by atoms with Gasteiger partial charge in [-0.1, -0.05) is 6.42 Å².